The van der Waals surface area contributed by atoms with E-state index in [1.807, 2.05) is 4.68 Å². The van der Waals surface area contributed by atoms with Crippen LogP contribution >= 0.6 is 0 Å². The third-order valence-electron chi connectivity index (χ3n) is 7.31. The van der Waals surface area contributed by atoms with Gasteiger partial charge in [-0.25, -0.2) is 8.78 Å². The van der Waals surface area contributed by atoms with Crippen LogP contribution in [-0.4, -0.2) is 39.4 Å². The molecular weight excluding hydrogens is 440 g/mol. The zero-order chi connectivity index (χ0) is 23.6. The maximum absolute atomic E-state index is 14.5. The fraction of sp³-hybridized carbons (Fsp3) is 0.385. The van der Waals surface area contributed by atoms with E-state index in [1.54, 1.807) is 34.8 Å². The highest BCUT2D eigenvalue weighted by molar-refractivity contribution is 5.97. The molecule has 1 saturated heterocycles. The van der Waals surface area contributed by atoms with Gasteiger partial charge in [0.2, 0.25) is 0 Å². The van der Waals surface area contributed by atoms with Crippen LogP contribution in [0, 0.1) is 17.0 Å². The number of carbonyl (C=O) groups excluding carboxylic acids is 1. The molecule has 1 spiro atoms. The van der Waals surface area contributed by atoms with Crippen LogP contribution < -0.4 is 10.3 Å². The molecule has 3 aliphatic rings. The molecule has 0 bridgehead atoms. The normalized spacial score (nSPS) is 19.1. The van der Waals surface area contributed by atoms with Crippen molar-refractivity contribution in [2.24, 2.45) is 12.5 Å². The Balaban J connectivity index is 1.17. The summed E-state index contributed by atoms with van der Waals surface area (Å²) in [6.07, 6.45) is 3.52. The number of ether oxygens (including phenoxy) is 1. The standard InChI is InChI=1S/C26H25F2N3O3/c1-29-24(32)11-22(19-4-2-3-5-21(19)28)31(29)17-12-26(13-17)14-30(15-26)25(33)20-9-6-16(27)10-23(20)34-18-7-8-18/h2-6,9-11,17-18H,7-8,12-15H2,1H3. The average molecular weight is 466 g/mol. The highest BCUT2D eigenvalue weighted by Gasteiger charge is 2.55. The summed E-state index contributed by atoms with van der Waals surface area (Å²) in [5.41, 5.74) is 1.19. The van der Waals surface area contributed by atoms with Gasteiger partial charge in [0.05, 0.1) is 23.4 Å². The fourth-order valence-corrected chi connectivity index (χ4v) is 5.44. The molecule has 2 aromatic carbocycles. The van der Waals surface area contributed by atoms with Crippen molar-refractivity contribution in [3.05, 3.63) is 76.1 Å². The van der Waals surface area contributed by atoms with Crippen LogP contribution in [0.15, 0.2) is 53.3 Å². The number of benzene rings is 2. The zero-order valence-electron chi connectivity index (χ0n) is 18.8. The van der Waals surface area contributed by atoms with Gasteiger partial charge in [-0.15, -0.1) is 0 Å². The van der Waals surface area contributed by atoms with Gasteiger partial charge in [0.25, 0.3) is 11.5 Å². The number of aromatic nitrogens is 2. The average Bonchev–Trinajstić information content (AvgIpc) is 3.52. The lowest BCUT2D eigenvalue weighted by atomic mass is 9.60. The second-order valence-electron chi connectivity index (χ2n) is 9.90. The molecular formula is C26H25F2N3O3. The fourth-order valence-electron chi connectivity index (χ4n) is 5.44. The van der Waals surface area contributed by atoms with Gasteiger partial charge >= 0.3 is 0 Å². The predicted molar refractivity (Wildman–Crippen MR) is 122 cm³/mol. The third kappa shape index (κ3) is 3.43. The summed E-state index contributed by atoms with van der Waals surface area (Å²) in [5.74, 6) is -0.612. The molecule has 0 N–H and O–H groups in total. The Morgan fingerprint density at radius 3 is 2.50 bits per heavy atom. The van der Waals surface area contributed by atoms with E-state index in [4.69, 9.17) is 4.74 Å². The van der Waals surface area contributed by atoms with Crippen LogP contribution in [0.25, 0.3) is 11.3 Å². The Morgan fingerprint density at radius 1 is 1.06 bits per heavy atom. The molecule has 6 rings (SSSR count). The monoisotopic (exact) mass is 465 g/mol. The van der Waals surface area contributed by atoms with Gasteiger partial charge in [0.15, 0.2) is 0 Å². The third-order valence-corrected chi connectivity index (χ3v) is 7.31. The van der Waals surface area contributed by atoms with E-state index in [0.29, 0.717) is 35.7 Å². The maximum atomic E-state index is 14.5. The second-order valence-corrected chi connectivity index (χ2v) is 9.90. The number of amides is 1. The van der Waals surface area contributed by atoms with E-state index in [1.165, 1.54) is 30.3 Å². The Hall–Kier alpha value is -3.42. The molecule has 1 aromatic heterocycles. The minimum absolute atomic E-state index is 0.00924. The highest BCUT2D eigenvalue weighted by atomic mass is 19.1. The second kappa shape index (κ2) is 7.55. The molecule has 34 heavy (non-hydrogen) atoms. The SMILES string of the molecule is Cn1c(=O)cc(-c2ccccc2F)n1C1CC2(C1)CN(C(=O)c1ccc(F)cc1OC1CC1)C2. The molecule has 6 nitrogen and oxygen atoms in total. The number of likely N-dealkylation sites (tertiary alicyclic amines) is 1. The first-order chi connectivity index (χ1) is 16.3. The van der Waals surface area contributed by atoms with E-state index in [2.05, 4.69) is 0 Å². The van der Waals surface area contributed by atoms with Crippen molar-refractivity contribution in [3.63, 3.8) is 0 Å². The molecule has 2 saturated carbocycles. The van der Waals surface area contributed by atoms with E-state index in [9.17, 15) is 18.4 Å². The first kappa shape index (κ1) is 21.1. The van der Waals surface area contributed by atoms with Crippen LogP contribution in [0.3, 0.4) is 0 Å². The van der Waals surface area contributed by atoms with Crippen molar-refractivity contribution < 1.29 is 18.3 Å². The maximum Gasteiger partial charge on any atom is 0.267 e. The predicted octanol–water partition coefficient (Wildman–Crippen LogP) is 4.15. The van der Waals surface area contributed by atoms with Gasteiger partial charge in [0.1, 0.15) is 17.4 Å². The zero-order valence-corrected chi connectivity index (χ0v) is 18.8. The Morgan fingerprint density at radius 2 is 1.79 bits per heavy atom. The Bertz CT molecular complexity index is 1340. The van der Waals surface area contributed by atoms with E-state index < -0.39 is 5.82 Å². The summed E-state index contributed by atoms with van der Waals surface area (Å²) in [4.78, 5) is 27.3. The molecule has 176 valence electrons. The summed E-state index contributed by atoms with van der Waals surface area (Å²) >= 11 is 0. The molecule has 3 fully saturated rings. The molecule has 2 aliphatic carbocycles. The lowest BCUT2D eigenvalue weighted by molar-refractivity contribution is -0.0757. The van der Waals surface area contributed by atoms with Crippen molar-refractivity contribution in [1.82, 2.24) is 14.3 Å². The van der Waals surface area contributed by atoms with Gasteiger partial charge in [-0.05, 0) is 49.9 Å². The lowest BCUT2D eigenvalue weighted by Crippen LogP contribution is -2.64. The summed E-state index contributed by atoms with van der Waals surface area (Å²) in [6, 6.07) is 12.1. The Labute approximate surface area is 195 Å². The minimum atomic E-state index is -0.419. The Kier molecular flexibility index (Phi) is 4.69. The van der Waals surface area contributed by atoms with Gasteiger partial charge in [0, 0.05) is 43.2 Å². The number of rotatable bonds is 5. The molecule has 8 heteroatoms. The lowest BCUT2D eigenvalue weighted by Gasteiger charge is -2.59. The number of nitrogens with zero attached hydrogens (tertiary/aromatic N) is 3. The smallest absolute Gasteiger partial charge is 0.267 e. The van der Waals surface area contributed by atoms with Crippen LogP contribution in [0.4, 0.5) is 8.78 Å². The van der Waals surface area contributed by atoms with Gasteiger partial charge < -0.3 is 9.64 Å². The van der Waals surface area contributed by atoms with Crippen molar-refractivity contribution >= 4 is 5.91 Å². The van der Waals surface area contributed by atoms with E-state index >= 15 is 0 Å². The molecule has 3 aromatic rings. The first-order valence-corrected chi connectivity index (χ1v) is 11.6. The van der Waals surface area contributed by atoms with Crippen LogP contribution in [0.5, 0.6) is 5.75 Å². The van der Waals surface area contributed by atoms with Gasteiger partial charge in [-0.3, -0.25) is 19.0 Å². The van der Waals surface area contributed by atoms with E-state index in [0.717, 1.165) is 25.7 Å². The number of carbonyl (C=O) groups is 1. The highest BCUT2D eigenvalue weighted by Crippen LogP contribution is 2.55. The number of hydrogen-bond donors (Lipinski definition) is 0. The molecule has 1 aliphatic heterocycles. The quantitative estimate of drug-likeness (QED) is 0.569. The van der Waals surface area contributed by atoms with Crippen molar-refractivity contribution in [1.29, 1.82) is 0 Å². The van der Waals surface area contributed by atoms with Crippen molar-refractivity contribution in [2.45, 2.75) is 37.8 Å². The number of halogens is 2. The van der Waals surface area contributed by atoms with Crippen LogP contribution in [0.2, 0.25) is 0 Å². The summed E-state index contributed by atoms with van der Waals surface area (Å²) in [5, 5.41) is 0. The molecule has 0 unspecified atom stereocenters. The molecule has 0 atom stereocenters. The van der Waals surface area contributed by atoms with Crippen LogP contribution in [0.1, 0.15) is 42.1 Å². The van der Waals surface area contributed by atoms with Crippen molar-refractivity contribution in [2.75, 3.05) is 13.1 Å². The largest absolute Gasteiger partial charge is 0.489 e. The molecule has 2 heterocycles. The topological polar surface area (TPSA) is 56.5 Å². The molecule has 1 amide bonds. The summed E-state index contributed by atoms with van der Waals surface area (Å²) in [7, 11) is 1.70. The summed E-state index contributed by atoms with van der Waals surface area (Å²) in [6.45, 7) is 1.21. The van der Waals surface area contributed by atoms with Crippen LogP contribution in [-0.2, 0) is 7.05 Å². The van der Waals surface area contributed by atoms with Gasteiger partial charge in [-0.2, -0.15) is 0 Å². The number of hydrogen-bond acceptors (Lipinski definition) is 3. The first-order valence-electron chi connectivity index (χ1n) is 11.6. The van der Waals surface area contributed by atoms with E-state index in [-0.39, 0.29) is 34.8 Å². The van der Waals surface area contributed by atoms with Gasteiger partial charge in [-0.1, -0.05) is 12.1 Å². The van der Waals surface area contributed by atoms with Crippen molar-refractivity contribution in [3.8, 4) is 17.0 Å². The molecule has 0 radical (unpaired) electrons. The minimum Gasteiger partial charge on any atom is -0.489 e. The summed E-state index contributed by atoms with van der Waals surface area (Å²) < 4.78 is 37.4.